The molecule has 3 heteroatoms. The smallest absolute Gasteiger partial charge is 0.338 e. The second kappa shape index (κ2) is 5.31. The molecule has 3 aromatic carbocycles. The number of aliphatic hydroxyl groups is 1. The lowest BCUT2D eigenvalue weighted by Gasteiger charge is -2.06. The summed E-state index contributed by atoms with van der Waals surface area (Å²) in [6.07, 6.45) is 0. The van der Waals surface area contributed by atoms with E-state index in [9.17, 15) is 4.79 Å². The zero-order chi connectivity index (χ0) is 13.9. The maximum Gasteiger partial charge on any atom is 0.338 e. The first-order chi connectivity index (χ1) is 9.78. The van der Waals surface area contributed by atoms with Gasteiger partial charge in [0.05, 0.1) is 12.2 Å². The van der Waals surface area contributed by atoms with Crippen molar-refractivity contribution in [1.29, 1.82) is 0 Å². The van der Waals surface area contributed by atoms with E-state index in [0.717, 1.165) is 16.2 Å². The third kappa shape index (κ3) is 2.36. The fourth-order valence-electron chi connectivity index (χ4n) is 2.29. The summed E-state index contributed by atoms with van der Waals surface area (Å²) < 4.78 is 4.92. The van der Waals surface area contributed by atoms with E-state index >= 15 is 0 Å². The van der Waals surface area contributed by atoms with Crippen molar-refractivity contribution in [2.45, 2.75) is 0 Å². The number of ether oxygens (including phenoxy) is 1. The van der Waals surface area contributed by atoms with Gasteiger partial charge in [-0.05, 0) is 45.8 Å². The van der Waals surface area contributed by atoms with E-state index in [1.807, 2.05) is 30.3 Å². The summed E-state index contributed by atoms with van der Waals surface area (Å²) in [6.45, 7) is -0.140. The monoisotopic (exact) mass is 266 g/mol. The number of carbonyl (C=O) groups excluding carboxylic acids is 1. The molecule has 0 aliphatic heterocycles. The summed E-state index contributed by atoms with van der Waals surface area (Å²) in [7, 11) is 0. The van der Waals surface area contributed by atoms with E-state index in [1.54, 1.807) is 6.07 Å². The summed E-state index contributed by atoms with van der Waals surface area (Å²) in [4.78, 5) is 11.8. The Morgan fingerprint density at radius 3 is 2.25 bits per heavy atom. The Balaban J connectivity index is 2.06. The standard InChI is InChI=1S/C17H14O3/c18-7-8-20-17(19)15-6-5-14-9-12-3-1-2-4-13(12)10-16(14)11-15/h1-6,9-11,18H,7-8H2. The van der Waals surface area contributed by atoms with Gasteiger partial charge in [0.2, 0.25) is 0 Å². The molecule has 0 radical (unpaired) electrons. The first-order valence-electron chi connectivity index (χ1n) is 6.48. The number of hydrogen-bond donors (Lipinski definition) is 1. The quantitative estimate of drug-likeness (QED) is 0.585. The highest BCUT2D eigenvalue weighted by atomic mass is 16.5. The van der Waals surface area contributed by atoms with Gasteiger partial charge >= 0.3 is 5.97 Å². The fraction of sp³-hybridized carbons (Fsp3) is 0.118. The lowest BCUT2D eigenvalue weighted by atomic mass is 10.0. The van der Waals surface area contributed by atoms with Crippen LogP contribution in [-0.4, -0.2) is 24.3 Å². The van der Waals surface area contributed by atoms with E-state index in [2.05, 4.69) is 18.2 Å². The summed E-state index contributed by atoms with van der Waals surface area (Å²) >= 11 is 0. The molecule has 0 amide bonds. The number of benzene rings is 3. The van der Waals surface area contributed by atoms with E-state index in [1.165, 1.54) is 5.39 Å². The molecule has 0 unspecified atom stereocenters. The van der Waals surface area contributed by atoms with Crippen molar-refractivity contribution in [3.8, 4) is 0 Å². The summed E-state index contributed by atoms with van der Waals surface area (Å²) in [5.74, 6) is -0.408. The average molecular weight is 266 g/mol. The van der Waals surface area contributed by atoms with E-state index in [4.69, 9.17) is 9.84 Å². The second-order valence-electron chi connectivity index (χ2n) is 4.62. The summed E-state index contributed by atoms with van der Waals surface area (Å²) in [5, 5.41) is 13.1. The minimum Gasteiger partial charge on any atom is -0.460 e. The van der Waals surface area contributed by atoms with E-state index in [-0.39, 0.29) is 13.2 Å². The van der Waals surface area contributed by atoms with Gasteiger partial charge in [0.15, 0.2) is 0 Å². The largest absolute Gasteiger partial charge is 0.460 e. The molecule has 0 fully saturated rings. The van der Waals surface area contributed by atoms with E-state index < -0.39 is 5.97 Å². The lowest BCUT2D eigenvalue weighted by Crippen LogP contribution is -2.08. The molecule has 3 aromatic rings. The molecule has 0 aliphatic rings. The predicted octanol–water partition coefficient (Wildman–Crippen LogP) is 3.14. The highest BCUT2D eigenvalue weighted by molar-refractivity contribution is 6.01. The molecule has 0 aromatic heterocycles. The van der Waals surface area contributed by atoms with Crippen molar-refractivity contribution >= 4 is 27.5 Å². The molecule has 0 heterocycles. The molecule has 0 aliphatic carbocycles. The maximum absolute atomic E-state index is 11.8. The number of aliphatic hydroxyl groups excluding tert-OH is 1. The molecule has 1 N–H and O–H groups in total. The molecule has 0 saturated heterocycles. The van der Waals surface area contributed by atoms with Gasteiger partial charge < -0.3 is 9.84 Å². The molecule has 0 spiro atoms. The predicted molar refractivity (Wildman–Crippen MR) is 78.8 cm³/mol. The van der Waals surface area contributed by atoms with Crippen LogP contribution < -0.4 is 0 Å². The topological polar surface area (TPSA) is 46.5 Å². The van der Waals surface area contributed by atoms with Crippen LogP contribution in [0.3, 0.4) is 0 Å². The molecule has 0 saturated carbocycles. The molecule has 3 nitrogen and oxygen atoms in total. The zero-order valence-electron chi connectivity index (χ0n) is 10.9. The lowest BCUT2D eigenvalue weighted by molar-refractivity contribution is 0.0434. The Kier molecular flexibility index (Phi) is 3.35. The fourth-order valence-corrected chi connectivity index (χ4v) is 2.29. The van der Waals surface area contributed by atoms with Crippen molar-refractivity contribution in [1.82, 2.24) is 0 Å². The highest BCUT2D eigenvalue weighted by Crippen LogP contribution is 2.23. The summed E-state index contributed by atoms with van der Waals surface area (Å²) in [6, 6.07) is 17.8. The number of esters is 1. The molecule has 0 atom stereocenters. The van der Waals surface area contributed by atoms with E-state index in [0.29, 0.717) is 5.56 Å². The zero-order valence-corrected chi connectivity index (χ0v) is 10.9. The Morgan fingerprint density at radius 2 is 1.55 bits per heavy atom. The third-order valence-corrected chi connectivity index (χ3v) is 3.26. The Morgan fingerprint density at radius 1 is 0.900 bits per heavy atom. The van der Waals surface area contributed by atoms with Gasteiger partial charge in [0.1, 0.15) is 6.61 Å². The van der Waals surface area contributed by atoms with Gasteiger partial charge in [-0.15, -0.1) is 0 Å². The summed E-state index contributed by atoms with van der Waals surface area (Å²) in [5.41, 5.74) is 0.501. The molecule has 3 rings (SSSR count). The minimum absolute atomic E-state index is 0.0224. The Labute approximate surface area is 116 Å². The second-order valence-corrected chi connectivity index (χ2v) is 4.62. The SMILES string of the molecule is O=C(OCCO)c1ccc2cc3ccccc3cc2c1. The maximum atomic E-state index is 11.8. The van der Waals surface area contributed by atoms with Crippen molar-refractivity contribution < 1.29 is 14.6 Å². The molecule has 20 heavy (non-hydrogen) atoms. The van der Waals surface area contributed by atoms with Gasteiger partial charge in [-0.3, -0.25) is 0 Å². The first kappa shape index (κ1) is 12.6. The molecule has 0 bridgehead atoms. The Hall–Kier alpha value is -2.39. The van der Waals surface area contributed by atoms with Crippen LogP contribution in [0.5, 0.6) is 0 Å². The normalized spacial score (nSPS) is 10.8. The van der Waals surface area contributed by atoms with Crippen molar-refractivity contribution in [2.75, 3.05) is 13.2 Å². The van der Waals surface area contributed by atoms with Crippen LogP contribution in [0.25, 0.3) is 21.5 Å². The van der Waals surface area contributed by atoms with Crippen molar-refractivity contribution in [3.63, 3.8) is 0 Å². The number of carbonyl (C=O) groups is 1. The average Bonchev–Trinajstić information content (AvgIpc) is 2.50. The number of hydrogen-bond acceptors (Lipinski definition) is 3. The first-order valence-corrected chi connectivity index (χ1v) is 6.48. The molecular formula is C17H14O3. The van der Waals surface area contributed by atoms with Crippen molar-refractivity contribution in [3.05, 3.63) is 60.2 Å². The van der Waals surface area contributed by atoms with Gasteiger partial charge in [0.25, 0.3) is 0 Å². The van der Waals surface area contributed by atoms with Gasteiger partial charge in [-0.2, -0.15) is 0 Å². The van der Waals surface area contributed by atoms with Gasteiger partial charge in [-0.25, -0.2) is 4.79 Å². The Bertz CT molecular complexity index is 777. The van der Waals surface area contributed by atoms with Gasteiger partial charge in [0, 0.05) is 0 Å². The van der Waals surface area contributed by atoms with Crippen LogP contribution in [0.15, 0.2) is 54.6 Å². The molecular weight excluding hydrogens is 252 g/mol. The van der Waals surface area contributed by atoms with Crippen LogP contribution in [0.2, 0.25) is 0 Å². The van der Waals surface area contributed by atoms with Crippen molar-refractivity contribution in [2.24, 2.45) is 0 Å². The van der Waals surface area contributed by atoms with Gasteiger partial charge in [-0.1, -0.05) is 30.3 Å². The van der Waals surface area contributed by atoms with Crippen LogP contribution in [0.1, 0.15) is 10.4 Å². The number of fused-ring (bicyclic) bond motifs is 2. The van der Waals surface area contributed by atoms with Crippen LogP contribution in [0, 0.1) is 0 Å². The highest BCUT2D eigenvalue weighted by Gasteiger charge is 2.08. The van der Waals surface area contributed by atoms with Crippen LogP contribution in [-0.2, 0) is 4.74 Å². The molecule has 100 valence electrons. The van der Waals surface area contributed by atoms with Crippen LogP contribution in [0.4, 0.5) is 0 Å². The minimum atomic E-state index is -0.408. The number of rotatable bonds is 3. The third-order valence-electron chi connectivity index (χ3n) is 3.26. The van der Waals surface area contributed by atoms with Crippen LogP contribution >= 0.6 is 0 Å².